The number of H-pyrrole nitrogens is 1. The zero-order valence-corrected chi connectivity index (χ0v) is 20.5. The molecule has 0 unspecified atom stereocenters. The van der Waals surface area contributed by atoms with Crippen LogP contribution in [0.5, 0.6) is 5.75 Å². The Bertz CT molecular complexity index is 1500. The second-order valence-corrected chi connectivity index (χ2v) is 8.51. The Labute approximate surface area is 203 Å². The van der Waals surface area contributed by atoms with Gasteiger partial charge in [0, 0.05) is 40.3 Å². The summed E-state index contributed by atoms with van der Waals surface area (Å²) >= 11 is 0. The predicted molar refractivity (Wildman–Crippen MR) is 141 cm³/mol. The Morgan fingerprint density at radius 1 is 1.14 bits per heavy atom. The third-order valence-corrected chi connectivity index (χ3v) is 6.29. The maximum atomic E-state index is 6.47. The number of nitrogens with two attached hydrogens (primary N) is 1. The van der Waals surface area contributed by atoms with E-state index in [0.29, 0.717) is 12.4 Å². The number of benzene rings is 2. The molecule has 3 heterocycles. The molecular formula is C27H28N6O2. The van der Waals surface area contributed by atoms with E-state index in [2.05, 4.69) is 26.5 Å². The smallest absolute Gasteiger partial charge is 0.141 e. The Hall–Kier alpha value is -4.33. The van der Waals surface area contributed by atoms with Crippen LogP contribution < -0.4 is 15.8 Å². The number of anilines is 1. The van der Waals surface area contributed by atoms with E-state index in [0.717, 1.165) is 73.2 Å². The number of aromatic amines is 1. The molecule has 8 heteroatoms. The van der Waals surface area contributed by atoms with E-state index >= 15 is 0 Å². The van der Waals surface area contributed by atoms with Gasteiger partial charge in [-0.2, -0.15) is 0 Å². The van der Waals surface area contributed by atoms with Crippen LogP contribution in [0, 0.1) is 13.8 Å². The first-order valence-corrected chi connectivity index (χ1v) is 11.4. The van der Waals surface area contributed by atoms with Gasteiger partial charge < -0.3 is 25.3 Å². The number of nitrogens with zero attached hydrogens (tertiary/aromatic N) is 3. The summed E-state index contributed by atoms with van der Waals surface area (Å²) in [5, 5.41) is 8.46. The first-order valence-electron chi connectivity index (χ1n) is 11.4. The average Bonchev–Trinajstić information content (AvgIpc) is 3.40. The minimum Gasteiger partial charge on any atom is -0.496 e. The van der Waals surface area contributed by atoms with Crippen LogP contribution in [0.15, 0.2) is 68.2 Å². The van der Waals surface area contributed by atoms with Crippen LogP contribution in [-0.4, -0.2) is 42.4 Å². The summed E-state index contributed by atoms with van der Waals surface area (Å²) in [6.45, 7) is 6.14. The highest BCUT2D eigenvalue weighted by Gasteiger charge is 2.28. The highest BCUT2D eigenvalue weighted by atomic mass is 16.5. The van der Waals surface area contributed by atoms with Gasteiger partial charge in [0.05, 0.1) is 35.4 Å². The maximum Gasteiger partial charge on any atom is 0.141 e. The van der Waals surface area contributed by atoms with Crippen molar-refractivity contribution in [3.8, 4) is 16.9 Å². The Morgan fingerprint density at radius 2 is 1.91 bits per heavy atom. The van der Waals surface area contributed by atoms with E-state index in [1.165, 1.54) is 0 Å². The first kappa shape index (κ1) is 22.5. The van der Waals surface area contributed by atoms with Crippen molar-refractivity contribution >= 4 is 28.1 Å². The van der Waals surface area contributed by atoms with Gasteiger partial charge in [0.1, 0.15) is 24.0 Å². The van der Waals surface area contributed by atoms with Gasteiger partial charge in [-0.3, -0.25) is 9.98 Å². The van der Waals surface area contributed by atoms with Gasteiger partial charge in [0.15, 0.2) is 0 Å². The van der Waals surface area contributed by atoms with E-state index < -0.39 is 0 Å². The minimum absolute atomic E-state index is 0.422. The third kappa shape index (κ3) is 3.67. The van der Waals surface area contributed by atoms with Crippen LogP contribution in [-0.2, 0) is 0 Å². The molecule has 4 aromatic rings. The van der Waals surface area contributed by atoms with E-state index in [-0.39, 0.29) is 0 Å². The summed E-state index contributed by atoms with van der Waals surface area (Å²) < 4.78 is 11.2. The molecule has 2 aromatic heterocycles. The topological polar surface area (TPSA) is 114 Å². The SMILES string of the molecule is CN=C(C(C1=NCNc2[nH]c3cc(-c4c(C)noc4C)c(OC)cc3c21)=C(C)N)c1ccccc1. The van der Waals surface area contributed by atoms with E-state index in [9.17, 15) is 0 Å². The summed E-state index contributed by atoms with van der Waals surface area (Å²) in [7, 11) is 3.45. The van der Waals surface area contributed by atoms with Gasteiger partial charge in [0.25, 0.3) is 0 Å². The molecule has 4 N–H and O–H groups in total. The summed E-state index contributed by atoms with van der Waals surface area (Å²) in [5.41, 5.74) is 15.0. The van der Waals surface area contributed by atoms with Crippen LogP contribution >= 0.6 is 0 Å². The number of aliphatic imine (C=N–C) groups is 2. The molecule has 0 atom stereocenters. The molecule has 0 bridgehead atoms. The number of ether oxygens (including phenoxy) is 1. The second kappa shape index (κ2) is 8.79. The lowest BCUT2D eigenvalue weighted by atomic mass is 9.91. The summed E-state index contributed by atoms with van der Waals surface area (Å²) in [4.78, 5) is 13.0. The van der Waals surface area contributed by atoms with Crippen LogP contribution in [0.1, 0.15) is 29.5 Å². The molecule has 0 spiro atoms. The first-order chi connectivity index (χ1) is 16.9. The van der Waals surface area contributed by atoms with Crippen LogP contribution in [0.2, 0.25) is 0 Å². The zero-order valence-electron chi connectivity index (χ0n) is 20.5. The van der Waals surface area contributed by atoms with Crippen LogP contribution in [0.3, 0.4) is 0 Å². The van der Waals surface area contributed by atoms with Crippen molar-refractivity contribution in [1.82, 2.24) is 10.1 Å². The van der Waals surface area contributed by atoms with Gasteiger partial charge >= 0.3 is 0 Å². The van der Waals surface area contributed by atoms with Gasteiger partial charge in [-0.25, -0.2) is 0 Å². The number of methoxy groups -OCH3 is 1. The number of hydrogen-bond acceptors (Lipinski definition) is 7. The molecular weight excluding hydrogens is 440 g/mol. The quantitative estimate of drug-likeness (QED) is 0.358. The van der Waals surface area contributed by atoms with Crippen molar-refractivity contribution in [2.24, 2.45) is 15.7 Å². The lowest BCUT2D eigenvalue weighted by Gasteiger charge is -2.20. The third-order valence-electron chi connectivity index (χ3n) is 6.29. The highest BCUT2D eigenvalue weighted by molar-refractivity contribution is 6.38. The highest BCUT2D eigenvalue weighted by Crippen LogP contribution is 2.41. The van der Waals surface area contributed by atoms with Gasteiger partial charge in [-0.15, -0.1) is 0 Å². The molecule has 35 heavy (non-hydrogen) atoms. The van der Waals surface area contributed by atoms with E-state index in [4.69, 9.17) is 20.0 Å². The summed E-state index contributed by atoms with van der Waals surface area (Å²) in [6.07, 6.45) is 0. The number of aryl methyl sites for hydroxylation is 2. The van der Waals surface area contributed by atoms with Crippen molar-refractivity contribution in [1.29, 1.82) is 0 Å². The lowest BCUT2D eigenvalue weighted by Crippen LogP contribution is -2.24. The zero-order chi connectivity index (χ0) is 24.7. The van der Waals surface area contributed by atoms with Crippen LogP contribution in [0.25, 0.3) is 22.0 Å². The van der Waals surface area contributed by atoms with E-state index in [1.807, 2.05) is 57.2 Å². The molecule has 5 rings (SSSR count). The normalized spacial score (nSPS) is 14.3. The Balaban J connectivity index is 1.73. The molecule has 1 aliphatic heterocycles. The second-order valence-electron chi connectivity index (χ2n) is 8.51. The molecule has 1 aliphatic rings. The average molecular weight is 469 g/mol. The molecule has 8 nitrogen and oxygen atoms in total. The van der Waals surface area contributed by atoms with Crippen LogP contribution in [0.4, 0.5) is 5.82 Å². The number of allylic oxidation sites excluding steroid dienone is 2. The molecule has 0 amide bonds. The lowest BCUT2D eigenvalue weighted by molar-refractivity contribution is 0.393. The fraction of sp³-hybridized carbons (Fsp3) is 0.222. The molecule has 0 saturated heterocycles. The Kier molecular flexibility index (Phi) is 5.64. The number of aromatic nitrogens is 2. The molecule has 0 radical (unpaired) electrons. The van der Waals surface area contributed by atoms with Crippen molar-refractivity contribution in [3.63, 3.8) is 0 Å². The number of hydrogen-bond donors (Lipinski definition) is 3. The summed E-state index contributed by atoms with van der Waals surface area (Å²) in [6, 6.07) is 14.1. The molecule has 178 valence electrons. The molecule has 0 saturated carbocycles. The minimum atomic E-state index is 0.422. The largest absolute Gasteiger partial charge is 0.496 e. The number of nitrogens with one attached hydrogen (secondary N) is 2. The number of rotatable bonds is 5. The fourth-order valence-electron chi connectivity index (χ4n) is 4.78. The predicted octanol–water partition coefficient (Wildman–Crippen LogP) is 4.97. The van der Waals surface area contributed by atoms with Crippen molar-refractivity contribution in [3.05, 3.63) is 76.3 Å². The number of fused-ring (bicyclic) bond motifs is 3. The van der Waals surface area contributed by atoms with Gasteiger partial charge in [-0.1, -0.05) is 35.5 Å². The molecule has 2 aromatic carbocycles. The molecule has 0 aliphatic carbocycles. The van der Waals surface area contributed by atoms with Crippen molar-refractivity contribution in [2.75, 3.05) is 26.1 Å². The van der Waals surface area contributed by atoms with Gasteiger partial charge in [0.2, 0.25) is 0 Å². The van der Waals surface area contributed by atoms with Gasteiger partial charge in [-0.05, 0) is 32.9 Å². The Morgan fingerprint density at radius 3 is 2.54 bits per heavy atom. The maximum absolute atomic E-state index is 6.47. The monoisotopic (exact) mass is 468 g/mol. The fourth-order valence-corrected chi connectivity index (χ4v) is 4.78. The standard InChI is InChI=1S/C27H28N6O2/c1-14(28)22(25(29-4)17-9-7-6-8-10-17)26-24-18-12-21(34-5)19(23-15(2)33-35-16(23)3)11-20(18)32-27(24)31-13-30-26/h6-12,31-32H,13,28H2,1-5H3. The van der Waals surface area contributed by atoms with Crippen molar-refractivity contribution in [2.45, 2.75) is 20.8 Å². The van der Waals surface area contributed by atoms with Crippen molar-refractivity contribution < 1.29 is 9.26 Å². The summed E-state index contributed by atoms with van der Waals surface area (Å²) in [5.74, 6) is 2.35. The molecule has 0 fully saturated rings. The van der Waals surface area contributed by atoms with E-state index in [1.54, 1.807) is 14.2 Å².